The van der Waals surface area contributed by atoms with Crippen LogP contribution in [0.3, 0.4) is 0 Å². The summed E-state index contributed by atoms with van der Waals surface area (Å²) in [5, 5.41) is 3.83. The number of H-pyrrole nitrogens is 1. The van der Waals surface area contributed by atoms with Crippen molar-refractivity contribution in [3.8, 4) is 5.69 Å². The van der Waals surface area contributed by atoms with Gasteiger partial charge < -0.3 is 10.3 Å². The van der Waals surface area contributed by atoms with Gasteiger partial charge in [0.2, 0.25) is 5.91 Å². The first-order valence-corrected chi connectivity index (χ1v) is 11.8. The highest BCUT2D eigenvalue weighted by Crippen LogP contribution is 2.25. The lowest BCUT2D eigenvalue weighted by molar-refractivity contribution is -0.113. The molecule has 0 aliphatic heterocycles. The van der Waals surface area contributed by atoms with Gasteiger partial charge in [0.1, 0.15) is 4.70 Å². The maximum atomic E-state index is 12.6. The van der Waals surface area contributed by atoms with Crippen LogP contribution in [0.5, 0.6) is 0 Å². The van der Waals surface area contributed by atoms with Crippen LogP contribution in [0, 0.1) is 17.8 Å². The number of aromatic nitrogens is 3. The highest BCUT2D eigenvalue weighted by molar-refractivity contribution is 7.99. The number of benzene rings is 2. The number of fused-ring (bicyclic) bond motifs is 1. The van der Waals surface area contributed by atoms with Crippen molar-refractivity contribution in [1.82, 2.24) is 14.5 Å². The minimum absolute atomic E-state index is 0.104. The van der Waals surface area contributed by atoms with Crippen LogP contribution in [0.25, 0.3) is 16.0 Å². The number of thiazole rings is 1. The number of aromatic amines is 1. The molecule has 1 amide bonds. The smallest absolute Gasteiger partial charge is 0.271 e. The lowest BCUT2D eigenvalue weighted by Gasteiger charge is -2.08. The lowest BCUT2D eigenvalue weighted by atomic mass is 10.1. The number of aryl methyl sites for hydroxylation is 2. The van der Waals surface area contributed by atoms with Gasteiger partial charge in [-0.15, -0.1) is 0 Å². The Kier molecular flexibility index (Phi) is 6.29. The number of anilines is 1. The van der Waals surface area contributed by atoms with Crippen LogP contribution in [0.2, 0.25) is 5.02 Å². The van der Waals surface area contributed by atoms with Crippen molar-refractivity contribution in [3.63, 3.8) is 0 Å². The number of thioether (sulfide) groups is 1. The van der Waals surface area contributed by atoms with E-state index in [4.69, 9.17) is 23.8 Å². The van der Waals surface area contributed by atoms with E-state index in [1.165, 1.54) is 11.3 Å². The second-order valence-electron chi connectivity index (χ2n) is 6.92. The zero-order chi connectivity index (χ0) is 22.1. The maximum Gasteiger partial charge on any atom is 0.271 e. The molecule has 4 rings (SSSR count). The van der Waals surface area contributed by atoms with Gasteiger partial charge in [-0.1, -0.05) is 40.8 Å². The van der Waals surface area contributed by atoms with Crippen molar-refractivity contribution >= 4 is 68.9 Å². The third-order valence-corrected chi connectivity index (χ3v) is 6.84. The zero-order valence-corrected chi connectivity index (χ0v) is 19.8. The Hall–Kier alpha value is -2.46. The number of hydrogen-bond donors (Lipinski definition) is 2. The zero-order valence-electron chi connectivity index (χ0n) is 16.6. The van der Waals surface area contributed by atoms with Gasteiger partial charge in [-0.2, -0.15) is 0 Å². The quantitative estimate of drug-likeness (QED) is 0.220. The molecule has 0 saturated carbocycles. The van der Waals surface area contributed by atoms with Crippen molar-refractivity contribution in [1.29, 1.82) is 0 Å². The Labute approximate surface area is 196 Å². The summed E-state index contributed by atoms with van der Waals surface area (Å²) in [6, 6.07) is 13.0. The average molecular weight is 489 g/mol. The van der Waals surface area contributed by atoms with E-state index in [0.717, 1.165) is 34.3 Å². The van der Waals surface area contributed by atoms with Gasteiger partial charge in [-0.05, 0) is 73.6 Å². The van der Waals surface area contributed by atoms with Crippen molar-refractivity contribution in [2.24, 2.45) is 0 Å². The molecular formula is C21H17ClN4O2S3. The standard InChI is InChI=1S/C21H17ClN4O2S3/c1-11-7-12(2)9-14(8-11)23-16(27)10-30-20-24-18-17(19(28)25-20)31-21(29)26(18)15-5-3-13(22)4-6-15/h3-9H,10H2,1-2H3,(H,23,27)(H,24,25,28). The van der Waals surface area contributed by atoms with Crippen LogP contribution in [-0.2, 0) is 4.79 Å². The summed E-state index contributed by atoms with van der Waals surface area (Å²) in [6.07, 6.45) is 0. The minimum atomic E-state index is -0.286. The number of hydrogen-bond acceptors (Lipinski definition) is 6. The van der Waals surface area contributed by atoms with E-state index in [2.05, 4.69) is 15.3 Å². The number of amides is 1. The molecule has 4 aromatic rings. The molecule has 158 valence electrons. The number of halogens is 1. The summed E-state index contributed by atoms with van der Waals surface area (Å²) in [6.45, 7) is 3.96. The van der Waals surface area contributed by atoms with Crippen LogP contribution in [0.15, 0.2) is 52.4 Å². The Balaban J connectivity index is 1.59. The van der Waals surface area contributed by atoms with Crippen LogP contribution in [0.4, 0.5) is 5.69 Å². The first kappa shape index (κ1) is 21.8. The lowest BCUT2D eigenvalue weighted by Crippen LogP contribution is -2.15. The fourth-order valence-corrected chi connectivity index (χ4v) is 5.21. The molecule has 0 spiro atoms. The number of carbonyl (C=O) groups excluding carboxylic acids is 1. The van der Waals surface area contributed by atoms with E-state index in [0.29, 0.717) is 24.5 Å². The number of carbonyl (C=O) groups is 1. The van der Waals surface area contributed by atoms with Gasteiger partial charge in [0.05, 0.1) is 5.75 Å². The van der Waals surface area contributed by atoms with Gasteiger partial charge in [-0.3, -0.25) is 14.2 Å². The molecule has 0 unspecified atom stereocenters. The third-order valence-electron chi connectivity index (χ3n) is 4.35. The minimum Gasteiger partial charge on any atom is -0.325 e. The SMILES string of the molecule is Cc1cc(C)cc(NC(=O)CSc2nc3c(sc(=S)n3-c3ccc(Cl)cc3)c(=O)[nH]2)c1. The molecule has 2 N–H and O–H groups in total. The summed E-state index contributed by atoms with van der Waals surface area (Å²) in [5.74, 6) is -0.0784. The summed E-state index contributed by atoms with van der Waals surface area (Å²) in [4.78, 5) is 32.3. The molecule has 0 atom stereocenters. The maximum absolute atomic E-state index is 12.6. The predicted octanol–water partition coefficient (Wildman–Crippen LogP) is 5.51. The molecule has 0 fully saturated rings. The highest BCUT2D eigenvalue weighted by Gasteiger charge is 2.15. The number of rotatable bonds is 5. The Bertz CT molecular complexity index is 1390. The molecule has 0 radical (unpaired) electrons. The summed E-state index contributed by atoms with van der Waals surface area (Å²) in [7, 11) is 0. The molecule has 2 heterocycles. The van der Waals surface area contributed by atoms with Crippen molar-refractivity contribution in [2.45, 2.75) is 19.0 Å². The van der Waals surface area contributed by atoms with Crippen LogP contribution < -0.4 is 10.9 Å². The van der Waals surface area contributed by atoms with E-state index in [1.807, 2.05) is 44.2 Å². The van der Waals surface area contributed by atoms with E-state index in [-0.39, 0.29) is 17.2 Å². The average Bonchev–Trinajstić information content (AvgIpc) is 3.03. The van der Waals surface area contributed by atoms with Crippen LogP contribution in [0.1, 0.15) is 11.1 Å². The second kappa shape index (κ2) is 8.96. The van der Waals surface area contributed by atoms with Crippen molar-refractivity contribution < 1.29 is 4.79 Å². The van der Waals surface area contributed by atoms with E-state index in [9.17, 15) is 9.59 Å². The molecule has 0 bridgehead atoms. The summed E-state index contributed by atoms with van der Waals surface area (Å²) in [5.41, 5.74) is 3.83. The van der Waals surface area contributed by atoms with E-state index >= 15 is 0 Å². The molecule has 6 nitrogen and oxygen atoms in total. The van der Waals surface area contributed by atoms with E-state index in [1.54, 1.807) is 16.7 Å². The molecule has 2 aromatic heterocycles. The molecule has 2 aromatic carbocycles. The molecular weight excluding hydrogens is 472 g/mol. The Morgan fingerprint density at radius 1 is 1.23 bits per heavy atom. The topological polar surface area (TPSA) is 79.8 Å². The predicted molar refractivity (Wildman–Crippen MR) is 131 cm³/mol. The molecule has 0 saturated heterocycles. The fraction of sp³-hybridized carbons (Fsp3) is 0.143. The highest BCUT2D eigenvalue weighted by atomic mass is 35.5. The molecule has 0 aliphatic rings. The molecule has 10 heteroatoms. The molecule has 0 aliphatic carbocycles. The Morgan fingerprint density at radius 3 is 2.58 bits per heavy atom. The first-order valence-electron chi connectivity index (χ1n) is 9.23. The largest absolute Gasteiger partial charge is 0.325 e. The van der Waals surface area contributed by atoms with Gasteiger partial charge in [0, 0.05) is 16.4 Å². The van der Waals surface area contributed by atoms with Gasteiger partial charge in [0.15, 0.2) is 14.8 Å². The van der Waals surface area contributed by atoms with Crippen LogP contribution in [-0.4, -0.2) is 26.2 Å². The second-order valence-corrected chi connectivity index (χ2v) is 9.96. The van der Waals surface area contributed by atoms with E-state index < -0.39 is 0 Å². The summed E-state index contributed by atoms with van der Waals surface area (Å²) < 4.78 is 2.68. The third kappa shape index (κ3) is 4.90. The van der Waals surface area contributed by atoms with Crippen molar-refractivity contribution in [3.05, 3.63) is 72.9 Å². The number of nitrogens with one attached hydrogen (secondary N) is 2. The molecule has 31 heavy (non-hydrogen) atoms. The summed E-state index contributed by atoms with van der Waals surface area (Å²) >= 11 is 13.8. The fourth-order valence-electron chi connectivity index (χ4n) is 3.16. The first-order chi connectivity index (χ1) is 14.8. The van der Waals surface area contributed by atoms with Crippen molar-refractivity contribution in [2.75, 3.05) is 11.1 Å². The number of nitrogens with zero attached hydrogens (tertiary/aromatic N) is 2. The Morgan fingerprint density at radius 2 is 1.90 bits per heavy atom. The van der Waals surface area contributed by atoms with Gasteiger partial charge in [-0.25, -0.2) is 4.98 Å². The monoisotopic (exact) mass is 488 g/mol. The normalized spacial score (nSPS) is 11.1. The van der Waals surface area contributed by atoms with Crippen LogP contribution >= 0.6 is 46.9 Å². The van der Waals surface area contributed by atoms with Gasteiger partial charge in [0.25, 0.3) is 5.56 Å². The van der Waals surface area contributed by atoms with Gasteiger partial charge >= 0.3 is 0 Å².